The Morgan fingerprint density at radius 2 is 2.00 bits per heavy atom. The van der Waals surface area contributed by atoms with Crippen molar-refractivity contribution in [2.24, 2.45) is 0 Å². The number of aromatic nitrogens is 2. The summed E-state index contributed by atoms with van der Waals surface area (Å²) in [7, 11) is 0. The Morgan fingerprint density at radius 3 is 2.73 bits per heavy atom. The lowest BCUT2D eigenvalue weighted by atomic mass is 10.2. The Bertz CT molecular complexity index is 1210. The number of non-ortho nitro benzene ring substituents is 1. The number of hydrogen-bond acceptors (Lipinski definition) is 6. The summed E-state index contributed by atoms with van der Waals surface area (Å²) in [4.78, 5) is 23.3. The van der Waals surface area contributed by atoms with Crippen LogP contribution >= 0.6 is 0 Å². The molecule has 2 heterocycles. The minimum Gasteiger partial charge on any atom is -0.463 e. The van der Waals surface area contributed by atoms with Crippen molar-refractivity contribution in [1.82, 2.24) is 10.2 Å². The van der Waals surface area contributed by atoms with Crippen molar-refractivity contribution in [1.29, 1.82) is 0 Å². The highest BCUT2D eigenvalue weighted by Crippen LogP contribution is 2.30. The van der Waals surface area contributed by atoms with Gasteiger partial charge in [0.05, 0.1) is 22.9 Å². The van der Waals surface area contributed by atoms with E-state index in [1.807, 2.05) is 19.1 Å². The van der Waals surface area contributed by atoms with E-state index in [1.165, 1.54) is 30.5 Å². The number of carbonyl (C=O) groups is 1. The van der Waals surface area contributed by atoms with E-state index in [-0.39, 0.29) is 22.8 Å². The molecule has 4 aromatic rings. The number of hydrogen-bond donors (Lipinski definition) is 2. The van der Waals surface area contributed by atoms with Crippen LogP contribution in [-0.4, -0.2) is 21.0 Å². The Labute approximate surface area is 170 Å². The average Bonchev–Trinajstić information content (AvgIpc) is 3.39. The van der Waals surface area contributed by atoms with Gasteiger partial charge in [-0.15, -0.1) is 0 Å². The number of aryl methyl sites for hydroxylation is 1. The number of rotatable bonds is 6. The second-order valence-electron chi connectivity index (χ2n) is 6.49. The van der Waals surface area contributed by atoms with Crippen molar-refractivity contribution >= 4 is 17.3 Å². The number of nitrogens with one attached hydrogen (secondary N) is 2. The fourth-order valence-electron chi connectivity index (χ4n) is 2.83. The van der Waals surface area contributed by atoms with Gasteiger partial charge in [0.15, 0.2) is 11.5 Å². The zero-order valence-corrected chi connectivity index (χ0v) is 15.8. The Kier molecular flexibility index (Phi) is 5.00. The van der Waals surface area contributed by atoms with E-state index in [4.69, 9.17) is 9.15 Å². The number of amides is 1. The summed E-state index contributed by atoms with van der Waals surface area (Å²) >= 11 is 0. The summed E-state index contributed by atoms with van der Waals surface area (Å²) in [5.74, 6) is 0.753. The zero-order chi connectivity index (χ0) is 21.1. The fraction of sp³-hybridized carbons (Fsp3) is 0.0476. The van der Waals surface area contributed by atoms with Gasteiger partial charge in [-0.05, 0) is 36.8 Å². The molecular formula is C21H16N4O5. The second-order valence-corrected chi connectivity index (χ2v) is 6.49. The van der Waals surface area contributed by atoms with Gasteiger partial charge in [0.25, 0.3) is 11.6 Å². The molecule has 0 aliphatic heterocycles. The topological polar surface area (TPSA) is 123 Å². The number of anilines is 1. The Morgan fingerprint density at radius 1 is 1.13 bits per heavy atom. The van der Waals surface area contributed by atoms with Gasteiger partial charge in [-0.25, -0.2) is 0 Å². The number of carbonyl (C=O) groups excluding carboxylic acids is 1. The van der Waals surface area contributed by atoms with Crippen molar-refractivity contribution in [2.75, 3.05) is 5.32 Å². The molecule has 0 aliphatic carbocycles. The molecule has 0 fully saturated rings. The summed E-state index contributed by atoms with van der Waals surface area (Å²) in [5, 5.41) is 20.6. The molecule has 0 radical (unpaired) electrons. The molecule has 0 unspecified atom stereocenters. The standard InChI is InChI=1S/C21H16N4O5/c1-13-4-2-5-16(8-13)30-17-10-14(9-15(11-17)25(27)28)22-21(26)19-12-18(23-24-19)20-6-3-7-29-20/h2-12H,1H3,(H,22,26)(H,23,24). The van der Waals surface area contributed by atoms with E-state index in [0.29, 0.717) is 17.2 Å². The maximum absolute atomic E-state index is 12.6. The summed E-state index contributed by atoms with van der Waals surface area (Å²) in [6.45, 7) is 1.91. The van der Waals surface area contributed by atoms with Gasteiger partial charge in [-0.3, -0.25) is 20.0 Å². The summed E-state index contributed by atoms with van der Waals surface area (Å²) in [6, 6.07) is 16.3. The van der Waals surface area contributed by atoms with Gasteiger partial charge in [0, 0.05) is 18.2 Å². The average molecular weight is 404 g/mol. The van der Waals surface area contributed by atoms with Crippen molar-refractivity contribution in [3.63, 3.8) is 0 Å². The third-order valence-corrected chi connectivity index (χ3v) is 4.18. The quantitative estimate of drug-likeness (QED) is 0.347. The molecule has 0 atom stereocenters. The number of aromatic amines is 1. The Balaban J connectivity index is 1.57. The summed E-state index contributed by atoms with van der Waals surface area (Å²) in [6.07, 6.45) is 1.51. The largest absolute Gasteiger partial charge is 0.463 e. The van der Waals surface area contributed by atoms with Crippen LogP contribution in [0.1, 0.15) is 16.1 Å². The van der Waals surface area contributed by atoms with Crippen LogP contribution in [0.4, 0.5) is 11.4 Å². The molecule has 9 nitrogen and oxygen atoms in total. The Hall–Kier alpha value is -4.40. The first-order chi connectivity index (χ1) is 14.5. The van der Waals surface area contributed by atoms with Gasteiger partial charge in [0.1, 0.15) is 17.2 Å². The van der Waals surface area contributed by atoms with Gasteiger partial charge < -0.3 is 14.5 Å². The molecule has 2 aromatic carbocycles. The van der Waals surface area contributed by atoms with Gasteiger partial charge >= 0.3 is 0 Å². The van der Waals surface area contributed by atoms with Crippen molar-refractivity contribution < 1.29 is 18.9 Å². The van der Waals surface area contributed by atoms with Crippen LogP contribution in [0.25, 0.3) is 11.5 Å². The van der Waals surface area contributed by atoms with E-state index < -0.39 is 10.8 Å². The molecule has 2 aromatic heterocycles. The molecule has 30 heavy (non-hydrogen) atoms. The van der Waals surface area contributed by atoms with Gasteiger partial charge in [-0.1, -0.05) is 12.1 Å². The molecule has 4 rings (SSSR count). The van der Waals surface area contributed by atoms with E-state index in [0.717, 1.165) is 5.56 Å². The number of furan rings is 1. The lowest BCUT2D eigenvalue weighted by Crippen LogP contribution is -2.12. The third-order valence-electron chi connectivity index (χ3n) is 4.18. The van der Waals surface area contributed by atoms with Crippen molar-refractivity contribution in [2.45, 2.75) is 6.92 Å². The monoisotopic (exact) mass is 404 g/mol. The van der Waals surface area contributed by atoms with Crippen LogP contribution in [0.3, 0.4) is 0 Å². The molecule has 0 spiro atoms. The predicted molar refractivity (Wildman–Crippen MR) is 109 cm³/mol. The molecule has 2 N–H and O–H groups in total. The summed E-state index contributed by atoms with van der Waals surface area (Å²) < 4.78 is 11.0. The predicted octanol–water partition coefficient (Wildman–Crippen LogP) is 4.93. The highest BCUT2D eigenvalue weighted by atomic mass is 16.6. The fourth-order valence-corrected chi connectivity index (χ4v) is 2.83. The first-order valence-corrected chi connectivity index (χ1v) is 8.92. The highest BCUT2D eigenvalue weighted by Gasteiger charge is 2.16. The van der Waals surface area contributed by atoms with Crippen LogP contribution in [0.2, 0.25) is 0 Å². The number of benzene rings is 2. The van der Waals surface area contributed by atoms with Gasteiger partial charge in [-0.2, -0.15) is 5.10 Å². The molecule has 9 heteroatoms. The third kappa shape index (κ3) is 4.20. The molecule has 0 saturated carbocycles. The minimum atomic E-state index is -0.553. The van der Waals surface area contributed by atoms with Crippen LogP contribution in [0, 0.1) is 17.0 Å². The summed E-state index contributed by atoms with van der Waals surface area (Å²) in [5.41, 5.74) is 1.62. The molecule has 1 amide bonds. The van der Waals surface area contributed by atoms with E-state index in [2.05, 4.69) is 15.5 Å². The number of nitrogens with zero attached hydrogens (tertiary/aromatic N) is 2. The lowest BCUT2D eigenvalue weighted by molar-refractivity contribution is -0.384. The van der Waals surface area contributed by atoms with Gasteiger partial charge in [0.2, 0.25) is 0 Å². The maximum Gasteiger partial charge on any atom is 0.276 e. The number of nitro groups is 1. The van der Waals surface area contributed by atoms with Crippen LogP contribution in [0.15, 0.2) is 71.3 Å². The molecular weight excluding hydrogens is 388 g/mol. The maximum atomic E-state index is 12.6. The highest BCUT2D eigenvalue weighted by molar-refractivity contribution is 6.03. The zero-order valence-electron chi connectivity index (χ0n) is 15.8. The number of ether oxygens (including phenoxy) is 1. The first kappa shape index (κ1) is 18.9. The molecule has 0 saturated heterocycles. The lowest BCUT2D eigenvalue weighted by Gasteiger charge is -2.09. The normalized spacial score (nSPS) is 10.6. The number of nitro benzene ring substituents is 1. The van der Waals surface area contributed by atoms with Crippen LogP contribution < -0.4 is 10.1 Å². The van der Waals surface area contributed by atoms with Crippen LogP contribution in [0.5, 0.6) is 11.5 Å². The minimum absolute atomic E-state index is 0.106. The molecule has 0 aliphatic rings. The first-order valence-electron chi connectivity index (χ1n) is 8.92. The second kappa shape index (κ2) is 7.92. The number of H-pyrrole nitrogens is 1. The van der Waals surface area contributed by atoms with E-state index in [1.54, 1.807) is 24.3 Å². The van der Waals surface area contributed by atoms with Crippen molar-refractivity contribution in [3.8, 4) is 23.0 Å². The molecule has 0 bridgehead atoms. The van der Waals surface area contributed by atoms with E-state index >= 15 is 0 Å². The smallest absolute Gasteiger partial charge is 0.276 e. The van der Waals surface area contributed by atoms with Crippen LogP contribution in [-0.2, 0) is 0 Å². The van der Waals surface area contributed by atoms with Crippen molar-refractivity contribution in [3.05, 3.63) is 88.3 Å². The SMILES string of the molecule is Cc1cccc(Oc2cc(NC(=O)c3cc(-c4ccco4)[nH]n3)cc([N+](=O)[O-])c2)c1. The van der Waals surface area contributed by atoms with E-state index in [9.17, 15) is 14.9 Å². The molecule has 150 valence electrons.